The number of nitrogens with one attached hydrogen (secondary N) is 1. The van der Waals surface area contributed by atoms with Gasteiger partial charge >= 0.3 is 12.3 Å². The molecule has 0 spiro atoms. The van der Waals surface area contributed by atoms with E-state index in [0.29, 0.717) is 25.9 Å². The Hall–Kier alpha value is -1.77. The van der Waals surface area contributed by atoms with Gasteiger partial charge in [-0.2, -0.15) is 13.2 Å². The fraction of sp³-hybridized carbons (Fsp3) is 0.706. The Bertz CT molecular complexity index is 709. The van der Waals surface area contributed by atoms with Crippen LogP contribution in [0.25, 0.3) is 0 Å². The van der Waals surface area contributed by atoms with Gasteiger partial charge in [-0.25, -0.2) is 4.79 Å². The smallest absolute Gasteiger partial charge is 0.420 e. The van der Waals surface area contributed by atoms with Gasteiger partial charge in [0.2, 0.25) is 0 Å². The predicted octanol–water partition coefficient (Wildman–Crippen LogP) is 4.21. The summed E-state index contributed by atoms with van der Waals surface area (Å²) in [5, 5.41) is 9.67. The Morgan fingerprint density at radius 3 is 2.33 bits per heavy atom. The van der Waals surface area contributed by atoms with E-state index in [2.05, 4.69) is 15.5 Å². The molecule has 2 unspecified atom stereocenters. The molecule has 2 heterocycles. The quantitative estimate of drug-likeness (QED) is 0.797. The summed E-state index contributed by atoms with van der Waals surface area (Å²) in [6, 6.07) is 0.619. The molecule has 1 N–H and O–H groups in total. The Morgan fingerprint density at radius 2 is 1.81 bits per heavy atom. The first-order valence-electron chi connectivity index (χ1n) is 8.77. The molecule has 0 radical (unpaired) electrons. The van der Waals surface area contributed by atoms with Crippen molar-refractivity contribution >= 4 is 23.5 Å². The normalized spacial score (nSPS) is 25.4. The number of hydrogen-bond acceptors (Lipinski definition) is 5. The first kappa shape index (κ1) is 20.0. The van der Waals surface area contributed by atoms with Crippen molar-refractivity contribution in [3.8, 4) is 0 Å². The Balaban J connectivity index is 1.61. The van der Waals surface area contributed by atoms with Gasteiger partial charge in [0, 0.05) is 19.1 Å². The summed E-state index contributed by atoms with van der Waals surface area (Å²) in [4.78, 5) is 13.9. The maximum absolute atomic E-state index is 13.2. The van der Waals surface area contributed by atoms with E-state index in [1.165, 1.54) is 0 Å². The van der Waals surface area contributed by atoms with Crippen molar-refractivity contribution in [3.05, 3.63) is 16.8 Å². The number of hydrogen-bond donors (Lipinski definition) is 1. The van der Waals surface area contributed by atoms with Crippen LogP contribution in [-0.4, -0.2) is 45.9 Å². The number of alkyl halides is 3. The van der Waals surface area contributed by atoms with Crippen molar-refractivity contribution in [2.45, 2.75) is 51.4 Å². The van der Waals surface area contributed by atoms with Gasteiger partial charge in [0.1, 0.15) is 11.2 Å². The molecule has 0 aromatic carbocycles. The highest BCUT2D eigenvalue weighted by molar-refractivity contribution is 6.29. The minimum Gasteiger partial charge on any atom is -0.444 e. The standard InChI is InChI=1S/C17H22ClF3N4O2/c1-16(2,3)27-15(26)25-7-9-4-11(5-10(9)8-25)22-14-12(17(19,20)21)6-13(18)23-24-14/h6,9-11H,4-5,7-8H2,1-3H3,(H,22,24)/t9-,10?,11?/m1/s1. The first-order valence-corrected chi connectivity index (χ1v) is 9.15. The largest absolute Gasteiger partial charge is 0.444 e. The summed E-state index contributed by atoms with van der Waals surface area (Å²) in [7, 11) is 0. The van der Waals surface area contributed by atoms with Crippen molar-refractivity contribution in [3.63, 3.8) is 0 Å². The van der Waals surface area contributed by atoms with Crippen LogP contribution in [0.15, 0.2) is 6.07 Å². The Kier molecular flexibility index (Phi) is 5.18. The Labute approximate surface area is 160 Å². The number of halogens is 4. The topological polar surface area (TPSA) is 67.3 Å². The van der Waals surface area contributed by atoms with Gasteiger partial charge in [0.25, 0.3) is 0 Å². The van der Waals surface area contributed by atoms with Gasteiger partial charge in [0.15, 0.2) is 11.0 Å². The highest BCUT2D eigenvalue weighted by Gasteiger charge is 2.44. The van der Waals surface area contributed by atoms with E-state index in [9.17, 15) is 18.0 Å². The monoisotopic (exact) mass is 406 g/mol. The molecule has 1 saturated carbocycles. The highest BCUT2D eigenvalue weighted by atomic mass is 35.5. The number of aromatic nitrogens is 2. The van der Waals surface area contributed by atoms with Gasteiger partial charge in [-0.05, 0) is 51.5 Å². The molecule has 3 atom stereocenters. The molecule has 2 aliphatic rings. The Morgan fingerprint density at radius 1 is 1.22 bits per heavy atom. The molecule has 10 heteroatoms. The number of carbonyl (C=O) groups is 1. The van der Waals surface area contributed by atoms with Crippen LogP contribution in [0.1, 0.15) is 39.2 Å². The average molecular weight is 407 g/mol. The zero-order valence-electron chi connectivity index (χ0n) is 15.3. The summed E-state index contributed by atoms with van der Waals surface area (Å²) < 4.78 is 44.9. The number of likely N-dealkylation sites (tertiary alicyclic amines) is 1. The molecule has 150 valence electrons. The molecule has 6 nitrogen and oxygen atoms in total. The van der Waals surface area contributed by atoms with Gasteiger partial charge in [-0.15, -0.1) is 10.2 Å². The summed E-state index contributed by atoms with van der Waals surface area (Å²) in [5.74, 6) is 0.148. The van der Waals surface area contributed by atoms with Crippen LogP contribution < -0.4 is 5.32 Å². The molecule has 1 aliphatic heterocycles. The number of amides is 1. The second kappa shape index (κ2) is 7.00. The summed E-state index contributed by atoms with van der Waals surface area (Å²) in [5.41, 5.74) is -1.48. The van der Waals surface area contributed by atoms with E-state index in [1.54, 1.807) is 4.90 Å². The zero-order valence-corrected chi connectivity index (χ0v) is 16.1. The fourth-order valence-electron chi connectivity index (χ4n) is 3.78. The van der Waals surface area contributed by atoms with Gasteiger partial charge in [-0.1, -0.05) is 11.6 Å². The van der Waals surface area contributed by atoms with Crippen LogP contribution in [0.4, 0.5) is 23.8 Å². The summed E-state index contributed by atoms with van der Waals surface area (Å²) in [6.07, 6.45) is -3.59. The number of carbonyl (C=O) groups excluding carboxylic acids is 1. The maximum atomic E-state index is 13.2. The molecular formula is C17H22ClF3N4O2. The van der Waals surface area contributed by atoms with E-state index in [0.717, 1.165) is 6.07 Å². The summed E-state index contributed by atoms with van der Waals surface area (Å²) >= 11 is 5.56. The lowest BCUT2D eigenvalue weighted by atomic mass is 10.0. The molecule has 1 aliphatic carbocycles. The van der Waals surface area contributed by atoms with Crippen molar-refractivity contribution in [2.75, 3.05) is 18.4 Å². The van der Waals surface area contributed by atoms with Gasteiger partial charge < -0.3 is 15.0 Å². The van der Waals surface area contributed by atoms with Crippen LogP contribution in [0.5, 0.6) is 0 Å². The molecule has 1 amide bonds. The number of ether oxygens (including phenoxy) is 1. The van der Waals surface area contributed by atoms with Gasteiger partial charge in [-0.3, -0.25) is 0 Å². The predicted molar refractivity (Wildman–Crippen MR) is 93.5 cm³/mol. The lowest BCUT2D eigenvalue weighted by Gasteiger charge is -2.25. The van der Waals surface area contributed by atoms with Crippen LogP contribution in [0, 0.1) is 11.8 Å². The van der Waals surface area contributed by atoms with E-state index in [-0.39, 0.29) is 34.9 Å². The fourth-order valence-corrected chi connectivity index (χ4v) is 3.92. The third-order valence-electron chi connectivity index (χ3n) is 4.81. The maximum Gasteiger partial charge on any atom is 0.420 e. The number of fused-ring (bicyclic) bond motifs is 1. The summed E-state index contributed by atoms with van der Waals surface area (Å²) in [6.45, 7) is 6.54. The second-order valence-corrected chi connectivity index (χ2v) is 8.53. The van der Waals surface area contributed by atoms with E-state index in [4.69, 9.17) is 16.3 Å². The van der Waals surface area contributed by atoms with Crippen LogP contribution in [-0.2, 0) is 10.9 Å². The van der Waals surface area contributed by atoms with Crippen molar-refractivity contribution < 1.29 is 22.7 Å². The molecule has 2 fully saturated rings. The van der Waals surface area contributed by atoms with Crippen LogP contribution >= 0.6 is 11.6 Å². The SMILES string of the molecule is CC(C)(C)OC(=O)N1CC2CC(Nc3nnc(Cl)cc3C(F)(F)F)C[C@@H]2C1. The van der Waals surface area contributed by atoms with E-state index < -0.39 is 17.3 Å². The molecular weight excluding hydrogens is 385 g/mol. The number of rotatable bonds is 2. The highest BCUT2D eigenvalue weighted by Crippen LogP contribution is 2.41. The van der Waals surface area contributed by atoms with Crippen LogP contribution in [0.2, 0.25) is 5.15 Å². The van der Waals surface area contributed by atoms with Crippen molar-refractivity contribution in [2.24, 2.45) is 11.8 Å². The first-order chi connectivity index (χ1) is 12.4. The minimum atomic E-state index is -4.57. The van der Waals surface area contributed by atoms with E-state index >= 15 is 0 Å². The van der Waals surface area contributed by atoms with Crippen molar-refractivity contribution in [1.82, 2.24) is 15.1 Å². The lowest BCUT2D eigenvalue weighted by molar-refractivity contribution is -0.137. The molecule has 1 aromatic rings. The van der Waals surface area contributed by atoms with Gasteiger partial charge in [0.05, 0.1) is 0 Å². The van der Waals surface area contributed by atoms with E-state index in [1.807, 2.05) is 20.8 Å². The van der Waals surface area contributed by atoms with Crippen molar-refractivity contribution in [1.29, 1.82) is 0 Å². The second-order valence-electron chi connectivity index (χ2n) is 8.15. The lowest BCUT2D eigenvalue weighted by Crippen LogP contribution is -2.36. The zero-order chi connectivity index (χ0) is 20.0. The van der Waals surface area contributed by atoms with Crippen LogP contribution in [0.3, 0.4) is 0 Å². The molecule has 27 heavy (non-hydrogen) atoms. The number of nitrogens with zero attached hydrogens (tertiary/aromatic N) is 3. The third-order valence-corrected chi connectivity index (χ3v) is 5.00. The molecule has 0 bridgehead atoms. The average Bonchev–Trinajstić information content (AvgIpc) is 3.04. The minimum absolute atomic E-state index is 0.155. The third kappa shape index (κ3) is 4.75. The number of anilines is 1. The molecule has 1 aromatic heterocycles. The molecule has 1 saturated heterocycles. The molecule has 3 rings (SSSR count).